The number of halogens is 1. The molecule has 1 aromatic carbocycles. The minimum atomic E-state index is 0.275. The predicted octanol–water partition coefficient (Wildman–Crippen LogP) is 2.97. The number of hydrogen-bond acceptors (Lipinski definition) is 4. The molecule has 0 spiro atoms. The van der Waals surface area contributed by atoms with Gasteiger partial charge in [-0.3, -0.25) is 0 Å². The van der Waals surface area contributed by atoms with E-state index >= 15 is 0 Å². The molecule has 0 saturated carbocycles. The van der Waals surface area contributed by atoms with Gasteiger partial charge in [-0.05, 0) is 18.2 Å². The van der Waals surface area contributed by atoms with Crippen LogP contribution in [-0.4, -0.2) is 11.8 Å². The predicted molar refractivity (Wildman–Crippen MR) is 60.7 cm³/mol. The van der Waals surface area contributed by atoms with Gasteiger partial charge in [0.25, 0.3) is 0 Å². The Bertz CT molecular complexity index is 524. The molecule has 1 aromatic heterocycles. The van der Waals surface area contributed by atoms with E-state index in [4.69, 9.17) is 13.9 Å². The zero-order valence-electron chi connectivity index (χ0n) is 8.27. The molecule has 3 rings (SSSR count). The van der Waals surface area contributed by atoms with Crippen LogP contribution in [0, 0.1) is 0 Å². The second-order valence-corrected chi connectivity index (χ2v) is 3.91. The van der Waals surface area contributed by atoms with Gasteiger partial charge in [0.1, 0.15) is 6.26 Å². The number of aromatic nitrogens is 1. The monoisotopic (exact) mass is 281 g/mol. The normalized spacial score (nSPS) is 13.1. The van der Waals surface area contributed by atoms with Crippen LogP contribution in [0.25, 0.3) is 11.5 Å². The number of fused-ring (bicyclic) bond motifs is 1. The second-order valence-electron chi connectivity index (χ2n) is 3.35. The number of oxazole rings is 1. The molecule has 1 aliphatic heterocycles. The van der Waals surface area contributed by atoms with Crippen molar-refractivity contribution in [2.45, 2.75) is 5.33 Å². The molecular formula is C11H8BrNO3. The number of rotatable bonds is 2. The van der Waals surface area contributed by atoms with Crippen LogP contribution in [0.5, 0.6) is 11.5 Å². The largest absolute Gasteiger partial charge is 0.454 e. The molecule has 16 heavy (non-hydrogen) atoms. The van der Waals surface area contributed by atoms with Crippen molar-refractivity contribution in [3.05, 3.63) is 30.2 Å². The van der Waals surface area contributed by atoms with Crippen LogP contribution in [0.2, 0.25) is 0 Å². The van der Waals surface area contributed by atoms with Gasteiger partial charge >= 0.3 is 0 Å². The fraction of sp³-hybridized carbons (Fsp3) is 0.182. The summed E-state index contributed by atoms with van der Waals surface area (Å²) in [5.74, 6) is 2.08. The van der Waals surface area contributed by atoms with E-state index in [0.717, 1.165) is 22.8 Å². The van der Waals surface area contributed by atoms with E-state index in [9.17, 15) is 0 Å². The molecule has 0 saturated heterocycles. The van der Waals surface area contributed by atoms with Gasteiger partial charge in [0.15, 0.2) is 11.5 Å². The minimum Gasteiger partial charge on any atom is -0.454 e. The van der Waals surface area contributed by atoms with Crippen molar-refractivity contribution in [3.63, 3.8) is 0 Å². The summed E-state index contributed by atoms with van der Waals surface area (Å²) in [4.78, 5) is 4.31. The van der Waals surface area contributed by atoms with E-state index in [1.807, 2.05) is 18.2 Å². The van der Waals surface area contributed by atoms with Gasteiger partial charge in [-0.2, -0.15) is 0 Å². The summed E-state index contributed by atoms with van der Waals surface area (Å²) in [5, 5.41) is 0.682. The first-order valence-corrected chi connectivity index (χ1v) is 5.89. The van der Waals surface area contributed by atoms with Gasteiger partial charge in [0.05, 0.1) is 5.69 Å². The molecule has 1 aliphatic rings. The Kier molecular flexibility index (Phi) is 2.32. The molecule has 0 atom stereocenters. The van der Waals surface area contributed by atoms with Crippen molar-refractivity contribution in [3.8, 4) is 23.0 Å². The lowest BCUT2D eigenvalue weighted by Gasteiger charge is -1.98. The summed E-state index contributed by atoms with van der Waals surface area (Å²) < 4.78 is 15.9. The Balaban J connectivity index is 2.00. The lowest BCUT2D eigenvalue weighted by Crippen LogP contribution is -1.92. The van der Waals surface area contributed by atoms with E-state index in [0.29, 0.717) is 11.2 Å². The van der Waals surface area contributed by atoms with Crippen molar-refractivity contribution in [2.75, 3.05) is 6.79 Å². The summed E-state index contributed by atoms with van der Waals surface area (Å²) in [6.07, 6.45) is 1.63. The summed E-state index contributed by atoms with van der Waals surface area (Å²) >= 11 is 3.33. The summed E-state index contributed by atoms with van der Waals surface area (Å²) in [6.45, 7) is 0.275. The lowest BCUT2D eigenvalue weighted by atomic mass is 10.2. The molecule has 82 valence electrons. The van der Waals surface area contributed by atoms with Crippen molar-refractivity contribution in [1.82, 2.24) is 4.98 Å². The van der Waals surface area contributed by atoms with Crippen LogP contribution in [0.3, 0.4) is 0 Å². The zero-order valence-corrected chi connectivity index (χ0v) is 9.86. The maximum absolute atomic E-state index is 5.36. The van der Waals surface area contributed by atoms with Crippen molar-refractivity contribution in [2.24, 2.45) is 0 Å². The molecular weight excluding hydrogens is 274 g/mol. The molecule has 0 N–H and O–H groups in total. The highest BCUT2D eigenvalue weighted by molar-refractivity contribution is 9.08. The van der Waals surface area contributed by atoms with Crippen LogP contribution in [0.4, 0.5) is 0 Å². The fourth-order valence-electron chi connectivity index (χ4n) is 1.53. The standard InChI is InChI=1S/C11H8BrNO3/c12-4-8-5-14-11(13-8)7-1-2-9-10(3-7)16-6-15-9/h1-3,5H,4,6H2. The van der Waals surface area contributed by atoms with Gasteiger partial charge in [-0.25, -0.2) is 4.98 Å². The average Bonchev–Trinajstić information content (AvgIpc) is 2.96. The average molecular weight is 282 g/mol. The number of ether oxygens (including phenoxy) is 2. The number of benzene rings is 1. The maximum Gasteiger partial charge on any atom is 0.231 e. The molecule has 0 aliphatic carbocycles. The molecule has 4 nitrogen and oxygen atoms in total. The number of hydrogen-bond donors (Lipinski definition) is 0. The minimum absolute atomic E-state index is 0.275. The van der Waals surface area contributed by atoms with E-state index in [1.54, 1.807) is 6.26 Å². The smallest absolute Gasteiger partial charge is 0.231 e. The molecule has 0 bridgehead atoms. The summed E-state index contributed by atoms with van der Waals surface area (Å²) in [5.41, 5.74) is 1.75. The third kappa shape index (κ3) is 1.57. The van der Waals surface area contributed by atoms with Gasteiger partial charge in [0.2, 0.25) is 12.7 Å². The van der Waals surface area contributed by atoms with Crippen LogP contribution < -0.4 is 9.47 Å². The first-order valence-electron chi connectivity index (χ1n) is 4.77. The summed E-state index contributed by atoms with van der Waals surface area (Å²) in [6, 6.07) is 5.62. The third-order valence-electron chi connectivity index (χ3n) is 2.31. The highest BCUT2D eigenvalue weighted by Crippen LogP contribution is 2.35. The molecule has 0 amide bonds. The molecule has 2 aromatic rings. The van der Waals surface area contributed by atoms with Gasteiger partial charge < -0.3 is 13.9 Å². The Morgan fingerprint density at radius 1 is 1.25 bits per heavy atom. The van der Waals surface area contributed by atoms with Crippen LogP contribution in [0.1, 0.15) is 5.69 Å². The van der Waals surface area contributed by atoms with Crippen molar-refractivity contribution in [1.29, 1.82) is 0 Å². The highest BCUT2D eigenvalue weighted by atomic mass is 79.9. The molecule has 2 heterocycles. The van der Waals surface area contributed by atoms with Gasteiger partial charge in [0, 0.05) is 10.9 Å². The molecule has 0 unspecified atom stereocenters. The Hall–Kier alpha value is -1.49. The van der Waals surface area contributed by atoms with Crippen LogP contribution >= 0.6 is 15.9 Å². The van der Waals surface area contributed by atoms with Crippen LogP contribution in [-0.2, 0) is 5.33 Å². The van der Waals surface area contributed by atoms with Crippen molar-refractivity contribution < 1.29 is 13.9 Å². The summed E-state index contributed by atoms with van der Waals surface area (Å²) in [7, 11) is 0. The number of alkyl halides is 1. The molecule has 5 heteroatoms. The molecule has 0 radical (unpaired) electrons. The fourth-order valence-corrected chi connectivity index (χ4v) is 1.79. The second kappa shape index (κ2) is 3.83. The topological polar surface area (TPSA) is 44.5 Å². The first-order chi connectivity index (χ1) is 7.86. The zero-order chi connectivity index (χ0) is 11.0. The maximum atomic E-state index is 5.36. The first kappa shape index (κ1) is 9.72. The Labute approximate surface area is 100 Å². The highest BCUT2D eigenvalue weighted by Gasteiger charge is 2.15. The SMILES string of the molecule is BrCc1coc(-c2ccc3c(c2)OCO3)n1. The van der Waals surface area contributed by atoms with E-state index in [1.165, 1.54) is 0 Å². The lowest BCUT2D eigenvalue weighted by molar-refractivity contribution is 0.174. The van der Waals surface area contributed by atoms with E-state index in [2.05, 4.69) is 20.9 Å². The Morgan fingerprint density at radius 2 is 2.12 bits per heavy atom. The van der Waals surface area contributed by atoms with Gasteiger partial charge in [-0.15, -0.1) is 0 Å². The quantitative estimate of drug-likeness (QED) is 0.794. The van der Waals surface area contributed by atoms with E-state index in [-0.39, 0.29) is 6.79 Å². The Morgan fingerprint density at radius 3 is 2.94 bits per heavy atom. The van der Waals surface area contributed by atoms with Crippen molar-refractivity contribution >= 4 is 15.9 Å². The van der Waals surface area contributed by atoms with Gasteiger partial charge in [-0.1, -0.05) is 15.9 Å². The van der Waals surface area contributed by atoms with Crippen LogP contribution in [0.15, 0.2) is 28.9 Å². The third-order valence-corrected chi connectivity index (χ3v) is 2.88. The molecule has 0 fully saturated rings. The number of nitrogens with zero attached hydrogens (tertiary/aromatic N) is 1. The van der Waals surface area contributed by atoms with E-state index < -0.39 is 0 Å².